The molecule has 2 saturated heterocycles. The van der Waals surface area contributed by atoms with Gasteiger partial charge in [-0.25, -0.2) is 9.37 Å². The molecule has 3 aromatic heterocycles. The van der Waals surface area contributed by atoms with E-state index in [1.807, 2.05) is 13.0 Å². The van der Waals surface area contributed by atoms with Gasteiger partial charge in [-0.1, -0.05) is 6.07 Å². The van der Waals surface area contributed by atoms with Gasteiger partial charge in [0.2, 0.25) is 0 Å². The molecule has 2 aliphatic heterocycles. The Bertz CT molecular complexity index is 1020. The Morgan fingerprint density at radius 1 is 1.14 bits per heavy atom. The molecule has 0 radical (unpaired) electrons. The lowest BCUT2D eigenvalue weighted by atomic mass is 9.88. The van der Waals surface area contributed by atoms with E-state index in [1.54, 1.807) is 12.4 Å². The lowest BCUT2D eigenvalue weighted by molar-refractivity contribution is 0.0727. The highest BCUT2D eigenvalue weighted by molar-refractivity contribution is 5.84. The summed E-state index contributed by atoms with van der Waals surface area (Å²) < 4.78 is 26.6. The van der Waals surface area contributed by atoms with Gasteiger partial charge in [-0.05, 0) is 42.9 Å². The Morgan fingerprint density at radius 3 is 2.79 bits per heavy atom. The lowest BCUT2D eigenvalue weighted by Gasteiger charge is -2.30. The van der Waals surface area contributed by atoms with Crippen LogP contribution in [0.25, 0.3) is 22.3 Å². The van der Waals surface area contributed by atoms with Gasteiger partial charge in [0.1, 0.15) is 11.5 Å². The van der Waals surface area contributed by atoms with Gasteiger partial charge in [0.15, 0.2) is 0 Å². The van der Waals surface area contributed by atoms with Crippen LogP contribution in [-0.2, 0) is 9.47 Å². The van der Waals surface area contributed by atoms with E-state index in [0.29, 0.717) is 41.4 Å². The Labute approximate surface area is 168 Å². The average molecular weight is 396 g/mol. The number of nitrogens with one attached hydrogen (secondary N) is 2. The van der Waals surface area contributed by atoms with Crippen LogP contribution in [0.5, 0.6) is 0 Å². The summed E-state index contributed by atoms with van der Waals surface area (Å²) in [5, 5.41) is 4.04. The monoisotopic (exact) mass is 396 g/mol. The van der Waals surface area contributed by atoms with Gasteiger partial charge in [-0.2, -0.15) is 0 Å². The van der Waals surface area contributed by atoms with Crippen LogP contribution in [-0.4, -0.2) is 47.9 Å². The summed E-state index contributed by atoms with van der Waals surface area (Å²) in [4.78, 5) is 12.4. The minimum Gasteiger partial charge on any atom is -0.381 e. The van der Waals surface area contributed by atoms with Crippen molar-refractivity contribution >= 4 is 11.0 Å². The predicted molar refractivity (Wildman–Crippen MR) is 108 cm³/mol. The fourth-order valence-corrected chi connectivity index (χ4v) is 4.40. The van der Waals surface area contributed by atoms with Crippen LogP contribution in [0.3, 0.4) is 0 Å². The smallest absolute Gasteiger partial charge is 0.145 e. The topological polar surface area (TPSA) is 72.1 Å². The molecule has 3 aromatic rings. The first-order chi connectivity index (χ1) is 14.2. The standard InChI is InChI=1S/C22H25FN4O2/c1-13-10-25-22-19(13)20(23)16(11-26-22)17-3-2-15(14-4-7-28-8-5-14)21(27-17)18-12-29-9-6-24-18/h2-3,10-11,14,18,24H,4-9,12H2,1H3,(H,25,26). The molecule has 7 heteroatoms. The Hall–Kier alpha value is -2.35. The number of aryl methyl sites for hydroxylation is 1. The molecule has 29 heavy (non-hydrogen) atoms. The number of pyridine rings is 2. The summed E-state index contributed by atoms with van der Waals surface area (Å²) >= 11 is 0. The van der Waals surface area contributed by atoms with Crippen molar-refractivity contribution in [1.82, 2.24) is 20.3 Å². The summed E-state index contributed by atoms with van der Waals surface area (Å²) in [6.07, 6.45) is 5.30. The number of hydrogen-bond acceptors (Lipinski definition) is 5. The van der Waals surface area contributed by atoms with E-state index in [0.717, 1.165) is 43.9 Å². The maximum absolute atomic E-state index is 15.3. The second kappa shape index (κ2) is 7.82. The van der Waals surface area contributed by atoms with E-state index >= 15 is 4.39 Å². The molecule has 0 bridgehead atoms. The van der Waals surface area contributed by atoms with Crippen molar-refractivity contribution in [3.8, 4) is 11.3 Å². The fraction of sp³-hybridized carbons (Fsp3) is 0.455. The van der Waals surface area contributed by atoms with Crippen LogP contribution in [0.2, 0.25) is 0 Å². The van der Waals surface area contributed by atoms with Gasteiger partial charge in [0, 0.05) is 32.2 Å². The third kappa shape index (κ3) is 3.43. The average Bonchev–Trinajstić information content (AvgIpc) is 3.16. The molecule has 0 aromatic carbocycles. The van der Waals surface area contributed by atoms with E-state index in [4.69, 9.17) is 14.5 Å². The predicted octanol–water partition coefficient (Wildman–Crippen LogP) is 3.63. The molecule has 2 fully saturated rings. The van der Waals surface area contributed by atoms with Gasteiger partial charge in [-0.3, -0.25) is 4.98 Å². The summed E-state index contributed by atoms with van der Waals surface area (Å²) in [6.45, 7) is 5.47. The van der Waals surface area contributed by atoms with Crippen LogP contribution in [0.1, 0.15) is 41.6 Å². The minimum atomic E-state index is -0.279. The zero-order valence-corrected chi connectivity index (χ0v) is 16.5. The van der Waals surface area contributed by atoms with Crippen LogP contribution in [0.4, 0.5) is 4.39 Å². The summed E-state index contributed by atoms with van der Waals surface area (Å²) in [5.41, 5.74) is 4.61. The molecule has 5 rings (SSSR count). The van der Waals surface area contributed by atoms with Gasteiger partial charge in [0.05, 0.1) is 41.6 Å². The zero-order chi connectivity index (χ0) is 19.8. The molecule has 0 spiro atoms. The van der Waals surface area contributed by atoms with Crippen molar-refractivity contribution in [1.29, 1.82) is 0 Å². The first-order valence-corrected chi connectivity index (χ1v) is 10.2. The molecule has 0 saturated carbocycles. The second-order valence-electron chi connectivity index (χ2n) is 7.82. The van der Waals surface area contributed by atoms with E-state index < -0.39 is 0 Å². The van der Waals surface area contributed by atoms with E-state index in [1.165, 1.54) is 5.56 Å². The van der Waals surface area contributed by atoms with Crippen LogP contribution in [0.15, 0.2) is 24.5 Å². The first-order valence-electron chi connectivity index (χ1n) is 10.2. The highest BCUT2D eigenvalue weighted by atomic mass is 19.1. The second-order valence-corrected chi connectivity index (χ2v) is 7.82. The van der Waals surface area contributed by atoms with Crippen molar-refractivity contribution in [3.63, 3.8) is 0 Å². The van der Waals surface area contributed by atoms with Crippen LogP contribution < -0.4 is 5.32 Å². The number of ether oxygens (including phenoxy) is 2. The summed E-state index contributed by atoms with van der Waals surface area (Å²) in [6, 6.07) is 4.04. The molecule has 6 nitrogen and oxygen atoms in total. The van der Waals surface area contributed by atoms with Gasteiger partial charge in [-0.15, -0.1) is 0 Å². The highest BCUT2D eigenvalue weighted by Crippen LogP contribution is 2.35. The maximum Gasteiger partial charge on any atom is 0.145 e. The van der Waals surface area contributed by atoms with Crippen LogP contribution in [0, 0.1) is 12.7 Å². The molecule has 152 valence electrons. The van der Waals surface area contributed by atoms with Crippen LogP contribution >= 0.6 is 0 Å². The molecular formula is C22H25FN4O2. The molecular weight excluding hydrogens is 371 g/mol. The number of morpholine rings is 1. The lowest BCUT2D eigenvalue weighted by Crippen LogP contribution is -2.36. The summed E-state index contributed by atoms with van der Waals surface area (Å²) in [7, 11) is 0. The molecule has 0 aliphatic carbocycles. The normalized spacial score (nSPS) is 21.0. The van der Waals surface area contributed by atoms with Crippen molar-refractivity contribution in [2.45, 2.75) is 31.7 Å². The third-order valence-electron chi connectivity index (χ3n) is 5.98. The Kier molecular flexibility index (Phi) is 5.03. The summed E-state index contributed by atoms with van der Waals surface area (Å²) in [5.74, 6) is 0.125. The van der Waals surface area contributed by atoms with Crippen molar-refractivity contribution in [3.05, 3.63) is 47.2 Å². The number of aromatic amines is 1. The molecule has 2 N–H and O–H groups in total. The molecule has 5 heterocycles. The quantitative estimate of drug-likeness (QED) is 0.707. The molecule has 2 aliphatic rings. The third-order valence-corrected chi connectivity index (χ3v) is 5.98. The Balaban J connectivity index is 1.61. The number of rotatable bonds is 3. The molecule has 0 amide bonds. The molecule has 1 atom stereocenters. The van der Waals surface area contributed by atoms with Gasteiger partial charge < -0.3 is 19.8 Å². The fourth-order valence-electron chi connectivity index (χ4n) is 4.40. The first kappa shape index (κ1) is 18.7. The van der Waals surface area contributed by atoms with E-state index in [9.17, 15) is 0 Å². The van der Waals surface area contributed by atoms with E-state index in [2.05, 4.69) is 21.4 Å². The van der Waals surface area contributed by atoms with Gasteiger partial charge in [0.25, 0.3) is 0 Å². The number of fused-ring (bicyclic) bond motifs is 1. The number of aromatic nitrogens is 3. The van der Waals surface area contributed by atoms with Crippen molar-refractivity contribution in [2.24, 2.45) is 0 Å². The SMILES string of the molecule is Cc1c[nH]c2ncc(-c3ccc(C4CCOCC4)c(C4COCCN4)n3)c(F)c12. The highest BCUT2D eigenvalue weighted by Gasteiger charge is 2.27. The van der Waals surface area contributed by atoms with Crippen molar-refractivity contribution in [2.75, 3.05) is 33.0 Å². The number of hydrogen-bond donors (Lipinski definition) is 2. The number of halogens is 1. The van der Waals surface area contributed by atoms with Gasteiger partial charge >= 0.3 is 0 Å². The Morgan fingerprint density at radius 2 is 2.00 bits per heavy atom. The number of nitrogens with zero attached hydrogens (tertiary/aromatic N) is 2. The largest absolute Gasteiger partial charge is 0.381 e. The minimum absolute atomic E-state index is 0.00953. The van der Waals surface area contributed by atoms with Crippen molar-refractivity contribution < 1.29 is 13.9 Å². The number of H-pyrrole nitrogens is 1. The maximum atomic E-state index is 15.3. The van der Waals surface area contributed by atoms with E-state index in [-0.39, 0.29) is 11.9 Å². The molecule has 1 unspecified atom stereocenters. The zero-order valence-electron chi connectivity index (χ0n) is 16.5.